The van der Waals surface area contributed by atoms with Crippen LogP contribution in [0.2, 0.25) is 0 Å². The molecule has 0 radical (unpaired) electrons. The highest BCUT2D eigenvalue weighted by atomic mass is 19.4. The van der Waals surface area contributed by atoms with Crippen LogP contribution in [0.25, 0.3) is 0 Å². The molecule has 18 heavy (non-hydrogen) atoms. The lowest BCUT2D eigenvalue weighted by atomic mass is 10.1. The Bertz CT molecular complexity index is 406. The summed E-state index contributed by atoms with van der Waals surface area (Å²) in [7, 11) is 0. The Labute approximate surface area is 104 Å². The van der Waals surface area contributed by atoms with E-state index in [4.69, 9.17) is 0 Å². The molecule has 6 heteroatoms. The first-order valence-corrected chi connectivity index (χ1v) is 5.91. The smallest absolute Gasteiger partial charge is 0.368 e. The molecule has 1 aliphatic rings. The van der Waals surface area contributed by atoms with Crippen LogP contribution in [0.5, 0.6) is 0 Å². The third-order valence-corrected chi connectivity index (χ3v) is 3.21. The van der Waals surface area contributed by atoms with E-state index in [2.05, 4.69) is 10.3 Å². The van der Waals surface area contributed by atoms with E-state index in [1.54, 1.807) is 17.3 Å². The molecule has 0 aliphatic carbocycles. The number of anilines is 1. The molecule has 0 amide bonds. The van der Waals surface area contributed by atoms with E-state index in [0.717, 1.165) is 11.3 Å². The van der Waals surface area contributed by atoms with E-state index >= 15 is 0 Å². The summed E-state index contributed by atoms with van der Waals surface area (Å²) in [5.41, 5.74) is 1.74. The van der Waals surface area contributed by atoms with E-state index in [0.29, 0.717) is 13.1 Å². The van der Waals surface area contributed by atoms with E-state index < -0.39 is 12.1 Å². The monoisotopic (exact) mass is 259 g/mol. The van der Waals surface area contributed by atoms with E-state index in [1.807, 2.05) is 13.0 Å². The average Bonchev–Trinajstić information content (AvgIpc) is 2.54. The van der Waals surface area contributed by atoms with E-state index in [9.17, 15) is 13.2 Å². The molecule has 1 atom stereocenters. The van der Waals surface area contributed by atoms with Crippen LogP contribution in [-0.4, -0.2) is 37.3 Å². The van der Waals surface area contributed by atoms with Crippen molar-refractivity contribution in [3.63, 3.8) is 0 Å². The van der Waals surface area contributed by atoms with Gasteiger partial charge in [0.2, 0.25) is 0 Å². The fourth-order valence-electron chi connectivity index (χ4n) is 2.14. The Kier molecular flexibility index (Phi) is 3.75. The minimum atomic E-state index is -4.16. The Morgan fingerprint density at radius 3 is 2.89 bits per heavy atom. The molecule has 1 N–H and O–H groups in total. The number of rotatable bonds is 1. The van der Waals surface area contributed by atoms with Gasteiger partial charge < -0.3 is 10.2 Å². The van der Waals surface area contributed by atoms with Gasteiger partial charge in [-0.05, 0) is 18.6 Å². The number of alkyl halides is 3. The molecule has 0 spiro atoms. The Hall–Kier alpha value is -1.30. The summed E-state index contributed by atoms with van der Waals surface area (Å²) in [6.07, 6.45) is -0.879. The van der Waals surface area contributed by atoms with Crippen molar-refractivity contribution in [2.24, 2.45) is 5.92 Å². The highest BCUT2D eigenvalue weighted by Gasteiger charge is 2.41. The molecule has 1 aromatic heterocycles. The second-order valence-electron chi connectivity index (χ2n) is 4.55. The summed E-state index contributed by atoms with van der Waals surface area (Å²) in [6.45, 7) is 2.99. The van der Waals surface area contributed by atoms with Crippen molar-refractivity contribution in [3.8, 4) is 0 Å². The highest BCUT2D eigenvalue weighted by molar-refractivity contribution is 5.51. The zero-order chi connectivity index (χ0) is 13.2. The molecule has 0 bridgehead atoms. The van der Waals surface area contributed by atoms with Crippen LogP contribution in [0.4, 0.5) is 18.9 Å². The Morgan fingerprint density at radius 2 is 2.22 bits per heavy atom. The number of pyridine rings is 1. The van der Waals surface area contributed by atoms with Crippen LogP contribution in [-0.2, 0) is 0 Å². The second kappa shape index (κ2) is 5.14. The number of aromatic nitrogens is 1. The summed E-state index contributed by atoms with van der Waals surface area (Å²) < 4.78 is 38.5. The second-order valence-corrected chi connectivity index (χ2v) is 4.55. The number of nitrogens with zero attached hydrogens (tertiary/aromatic N) is 2. The van der Waals surface area contributed by atoms with Crippen LogP contribution in [0.3, 0.4) is 0 Å². The zero-order valence-corrected chi connectivity index (χ0v) is 10.2. The quantitative estimate of drug-likeness (QED) is 0.836. The highest BCUT2D eigenvalue weighted by Crippen LogP contribution is 2.29. The number of aryl methyl sites for hydroxylation is 1. The molecule has 2 heterocycles. The number of hydrogen-bond acceptors (Lipinski definition) is 3. The number of nitrogens with one attached hydrogen (secondary N) is 1. The maximum atomic E-state index is 12.8. The summed E-state index contributed by atoms with van der Waals surface area (Å²) in [5.74, 6) is -1.33. The van der Waals surface area contributed by atoms with Crippen molar-refractivity contribution in [2.45, 2.75) is 13.1 Å². The van der Waals surface area contributed by atoms with Gasteiger partial charge in [0.25, 0.3) is 0 Å². The number of halogens is 3. The lowest BCUT2D eigenvalue weighted by Gasteiger charge is -2.28. The first-order chi connectivity index (χ1) is 8.48. The molecule has 1 saturated heterocycles. The van der Waals surface area contributed by atoms with Crippen molar-refractivity contribution < 1.29 is 13.2 Å². The van der Waals surface area contributed by atoms with Gasteiger partial charge in [0, 0.05) is 32.4 Å². The van der Waals surface area contributed by atoms with Gasteiger partial charge in [0.05, 0.1) is 17.8 Å². The van der Waals surface area contributed by atoms with Gasteiger partial charge in [0.1, 0.15) is 0 Å². The van der Waals surface area contributed by atoms with Crippen molar-refractivity contribution in [2.75, 3.05) is 31.1 Å². The average molecular weight is 259 g/mol. The number of hydrogen-bond donors (Lipinski definition) is 1. The molecule has 0 saturated carbocycles. The zero-order valence-electron chi connectivity index (χ0n) is 10.2. The van der Waals surface area contributed by atoms with Crippen molar-refractivity contribution in [1.82, 2.24) is 10.3 Å². The standard InChI is InChI=1S/C12H16F3N3/c1-9-2-3-16-7-11(9)18-5-4-17-6-10(8-18)12(13,14)15/h2-3,7,10,17H,4-6,8H2,1H3. The van der Waals surface area contributed by atoms with Gasteiger partial charge in [-0.25, -0.2) is 0 Å². The Morgan fingerprint density at radius 1 is 1.44 bits per heavy atom. The van der Waals surface area contributed by atoms with Crippen LogP contribution in [0.15, 0.2) is 18.5 Å². The maximum absolute atomic E-state index is 12.8. The molecule has 0 aromatic carbocycles. The van der Waals surface area contributed by atoms with Crippen LogP contribution in [0, 0.1) is 12.8 Å². The molecule has 1 fully saturated rings. The van der Waals surface area contributed by atoms with Crippen LogP contribution >= 0.6 is 0 Å². The Balaban J connectivity index is 2.20. The third kappa shape index (κ3) is 2.93. The molecule has 100 valence electrons. The minimum Gasteiger partial charge on any atom is -0.368 e. The van der Waals surface area contributed by atoms with Crippen LogP contribution in [0.1, 0.15) is 5.56 Å². The lowest BCUT2D eigenvalue weighted by molar-refractivity contribution is -0.169. The summed E-state index contributed by atoms with van der Waals surface area (Å²) in [6, 6.07) is 1.82. The van der Waals surface area contributed by atoms with Gasteiger partial charge in [-0.1, -0.05) is 0 Å². The summed E-state index contributed by atoms with van der Waals surface area (Å²) in [4.78, 5) is 5.76. The first-order valence-electron chi connectivity index (χ1n) is 5.91. The minimum absolute atomic E-state index is 0.0109. The van der Waals surface area contributed by atoms with Gasteiger partial charge in [0.15, 0.2) is 0 Å². The largest absolute Gasteiger partial charge is 0.394 e. The molecule has 1 aliphatic heterocycles. The van der Waals surface area contributed by atoms with Crippen molar-refractivity contribution in [1.29, 1.82) is 0 Å². The SMILES string of the molecule is Cc1ccncc1N1CCNCC(C(F)(F)F)C1. The normalized spacial score (nSPS) is 21.8. The fraction of sp³-hybridized carbons (Fsp3) is 0.583. The van der Waals surface area contributed by atoms with Crippen molar-refractivity contribution >= 4 is 5.69 Å². The fourth-order valence-corrected chi connectivity index (χ4v) is 2.14. The lowest BCUT2D eigenvalue weighted by Crippen LogP contribution is -2.38. The molecule has 2 rings (SSSR count). The van der Waals surface area contributed by atoms with Crippen molar-refractivity contribution in [3.05, 3.63) is 24.0 Å². The predicted molar refractivity (Wildman–Crippen MR) is 63.6 cm³/mol. The van der Waals surface area contributed by atoms with E-state index in [1.165, 1.54) is 0 Å². The van der Waals surface area contributed by atoms with Crippen LogP contribution < -0.4 is 10.2 Å². The topological polar surface area (TPSA) is 28.2 Å². The van der Waals surface area contributed by atoms with E-state index in [-0.39, 0.29) is 13.1 Å². The van der Waals surface area contributed by atoms with Gasteiger partial charge in [-0.3, -0.25) is 4.98 Å². The van der Waals surface area contributed by atoms with Gasteiger partial charge >= 0.3 is 6.18 Å². The summed E-state index contributed by atoms with van der Waals surface area (Å²) in [5, 5.41) is 2.84. The van der Waals surface area contributed by atoms with Gasteiger partial charge in [-0.15, -0.1) is 0 Å². The van der Waals surface area contributed by atoms with Gasteiger partial charge in [-0.2, -0.15) is 13.2 Å². The predicted octanol–water partition coefficient (Wildman–Crippen LogP) is 1.98. The molecule has 1 unspecified atom stereocenters. The molecular weight excluding hydrogens is 243 g/mol. The molecule has 3 nitrogen and oxygen atoms in total. The first kappa shape index (κ1) is 13.1. The molecule has 1 aromatic rings. The maximum Gasteiger partial charge on any atom is 0.394 e. The molecular formula is C12H16F3N3. The third-order valence-electron chi connectivity index (χ3n) is 3.21. The summed E-state index contributed by atoms with van der Waals surface area (Å²) >= 11 is 0.